The van der Waals surface area contributed by atoms with Gasteiger partial charge in [0.25, 0.3) is 0 Å². The van der Waals surface area contributed by atoms with Gasteiger partial charge in [-0.05, 0) is 12.1 Å². The molecule has 0 aliphatic carbocycles. The Balaban J connectivity index is 2.48. The first kappa shape index (κ1) is 28.4. The predicted octanol–water partition coefficient (Wildman–Crippen LogP) is 0.394. The first-order valence-electron chi connectivity index (χ1n) is 10.2. The van der Waals surface area contributed by atoms with Gasteiger partial charge in [0.1, 0.15) is 24.1 Å². The van der Waals surface area contributed by atoms with E-state index in [4.69, 9.17) is 0 Å². The quantitative estimate of drug-likeness (QED) is 0.169. The second kappa shape index (κ2) is 12.2. The topological polar surface area (TPSA) is 202 Å². The molecular weight excluding hydrogens is 490 g/mol. The van der Waals surface area contributed by atoms with E-state index in [1.54, 1.807) is 24.3 Å². The van der Waals surface area contributed by atoms with Crippen LogP contribution in [0.25, 0.3) is 0 Å². The third-order valence-corrected chi connectivity index (χ3v) is 6.68. The Morgan fingerprint density at radius 1 is 0.647 bits per heavy atom. The van der Waals surface area contributed by atoms with Crippen molar-refractivity contribution in [2.24, 2.45) is 0 Å². The zero-order valence-electron chi connectivity index (χ0n) is 18.2. The molecular formula is C20H30N2O10P2. The molecule has 2 aromatic carbocycles. The smallest absolute Gasteiger partial charge is 0.339 e. The summed E-state index contributed by atoms with van der Waals surface area (Å²) in [5, 5.41) is 40.6. The maximum absolute atomic E-state index is 11.9. The van der Waals surface area contributed by atoms with Crippen LogP contribution in [-0.4, -0.2) is 87.7 Å². The van der Waals surface area contributed by atoms with E-state index >= 15 is 0 Å². The Morgan fingerprint density at radius 3 is 1.24 bits per heavy atom. The van der Waals surface area contributed by atoms with Crippen LogP contribution < -0.4 is 0 Å². The number of aromatic hydroxyl groups is 2. The fourth-order valence-electron chi connectivity index (χ4n) is 3.71. The third-order valence-electron chi connectivity index (χ3n) is 5.22. The Bertz CT molecular complexity index is 946. The molecule has 8 N–H and O–H groups in total. The average molecular weight is 520 g/mol. The second-order valence-electron chi connectivity index (χ2n) is 7.86. The summed E-state index contributed by atoms with van der Waals surface area (Å²) in [7, 11) is -9.39. The zero-order chi connectivity index (χ0) is 25.5. The Hall–Kier alpha value is -1.82. The number of hydrogen-bond acceptors (Lipinski definition) is 8. The van der Waals surface area contributed by atoms with Gasteiger partial charge in [0, 0.05) is 24.2 Å². The number of rotatable bonds is 13. The van der Waals surface area contributed by atoms with Crippen molar-refractivity contribution in [3.8, 4) is 11.5 Å². The van der Waals surface area contributed by atoms with Gasteiger partial charge in [0.05, 0.1) is 25.3 Å². The SMILES string of the molecule is O=P(O)(O)CN(Cc1ccccc1O)C(CO)C(CO)N(Cc1ccccc1O)CP(=O)(O)O. The summed E-state index contributed by atoms with van der Waals surface area (Å²) in [6.07, 6.45) is -1.72. The van der Waals surface area contributed by atoms with Crippen molar-refractivity contribution in [1.29, 1.82) is 0 Å². The Kier molecular flexibility index (Phi) is 10.2. The van der Waals surface area contributed by atoms with Crippen LogP contribution in [0.15, 0.2) is 48.5 Å². The summed E-state index contributed by atoms with van der Waals surface area (Å²) >= 11 is 0. The van der Waals surface area contributed by atoms with Crippen molar-refractivity contribution >= 4 is 15.2 Å². The molecule has 0 amide bonds. The van der Waals surface area contributed by atoms with Crippen LogP contribution >= 0.6 is 15.2 Å². The molecule has 0 bridgehead atoms. The summed E-state index contributed by atoms with van der Waals surface area (Å²) in [5.41, 5.74) is 0.571. The number of phenolic OH excluding ortho intramolecular Hbond substituents is 2. The van der Waals surface area contributed by atoms with Gasteiger partial charge in [-0.2, -0.15) is 0 Å². The van der Waals surface area contributed by atoms with E-state index in [9.17, 15) is 49.1 Å². The van der Waals surface area contributed by atoms with E-state index in [-0.39, 0.29) is 35.7 Å². The lowest BCUT2D eigenvalue weighted by Crippen LogP contribution is -2.55. The summed E-state index contributed by atoms with van der Waals surface area (Å²) in [6, 6.07) is 9.66. The molecule has 2 atom stereocenters. The number of benzene rings is 2. The van der Waals surface area contributed by atoms with Gasteiger partial charge in [0.2, 0.25) is 0 Å². The normalized spacial score (nSPS) is 14.5. The van der Waals surface area contributed by atoms with E-state index in [0.29, 0.717) is 0 Å². The number of hydrogen-bond donors (Lipinski definition) is 8. The molecule has 0 fully saturated rings. The van der Waals surface area contributed by atoms with Gasteiger partial charge in [-0.25, -0.2) is 0 Å². The molecule has 0 radical (unpaired) electrons. The summed E-state index contributed by atoms with van der Waals surface area (Å²) < 4.78 is 23.7. The van der Waals surface area contributed by atoms with Gasteiger partial charge in [-0.3, -0.25) is 18.9 Å². The van der Waals surface area contributed by atoms with Crippen molar-refractivity contribution in [2.45, 2.75) is 25.2 Å². The maximum atomic E-state index is 11.9. The van der Waals surface area contributed by atoms with Crippen LogP contribution in [0.4, 0.5) is 0 Å². The second-order valence-corrected chi connectivity index (χ2v) is 11.1. The molecule has 0 saturated heterocycles. The largest absolute Gasteiger partial charge is 0.508 e. The summed E-state index contributed by atoms with van der Waals surface area (Å²) in [4.78, 5) is 40.8. The van der Waals surface area contributed by atoms with Crippen molar-refractivity contribution < 1.29 is 49.1 Å². The standard InChI is InChI=1S/C20H30N2O10P2/c23-11-17(21(13-33(27,28)29)9-15-5-1-3-7-19(15)25)18(12-24)22(14-34(30,31)32)10-16-6-2-4-8-20(16)26/h1-8,17-18,23-26H,9-14H2,(H2,27,28,29)(H2,30,31,32). The molecule has 0 spiro atoms. The van der Waals surface area contributed by atoms with Gasteiger partial charge in [-0.1, -0.05) is 36.4 Å². The molecule has 34 heavy (non-hydrogen) atoms. The van der Waals surface area contributed by atoms with Crippen LogP contribution in [0.5, 0.6) is 11.5 Å². The summed E-state index contributed by atoms with van der Waals surface area (Å²) in [5.74, 6) is -0.312. The van der Waals surface area contributed by atoms with Gasteiger partial charge >= 0.3 is 15.2 Å². The van der Waals surface area contributed by atoms with E-state index in [1.807, 2.05) is 0 Å². The van der Waals surface area contributed by atoms with E-state index < -0.39 is 53.1 Å². The zero-order valence-corrected chi connectivity index (χ0v) is 20.0. The fraction of sp³-hybridized carbons (Fsp3) is 0.400. The summed E-state index contributed by atoms with van der Waals surface area (Å²) in [6.45, 7) is -1.95. The molecule has 190 valence electrons. The molecule has 2 rings (SSSR count). The minimum atomic E-state index is -4.70. The average Bonchev–Trinajstić information content (AvgIpc) is 2.72. The number of aliphatic hydroxyl groups excluding tert-OH is 2. The number of aliphatic hydroxyl groups is 2. The molecule has 12 nitrogen and oxygen atoms in total. The molecule has 0 aromatic heterocycles. The lowest BCUT2D eigenvalue weighted by Gasteiger charge is -2.41. The van der Waals surface area contributed by atoms with E-state index in [1.165, 1.54) is 24.3 Å². The van der Waals surface area contributed by atoms with Crippen molar-refractivity contribution in [1.82, 2.24) is 9.80 Å². The van der Waals surface area contributed by atoms with Crippen LogP contribution in [0.1, 0.15) is 11.1 Å². The number of nitrogens with zero attached hydrogens (tertiary/aromatic N) is 2. The molecule has 0 heterocycles. The van der Waals surface area contributed by atoms with Crippen LogP contribution in [0, 0.1) is 0 Å². The first-order valence-corrected chi connectivity index (χ1v) is 13.8. The highest BCUT2D eigenvalue weighted by Crippen LogP contribution is 2.40. The van der Waals surface area contributed by atoms with E-state index in [0.717, 1.165) is 9.80 Å². The molecule has 0 aliphatic heterocycles. The van der Waals surface area contributed by atoms with Crippen LogP contribution in [0.2, 0.25) is 0 Å². The Labute approximate surface area is 196 Å². The molecule has 0 aliphatic rings. The van der Waals surface area contributed by atoms with Crippen LogP contribution in [0.3, 0.4) is 0 Å². The Morgan fingerprint density at radius 2 is 0.971 bits per heavy atom. The van der Waals surface area contributed by atoms with Crippen molar-refractivity contribution in [3.63, 3.8) is 0 Å². The third kappa shape index (κ3) is 8.75. The molecule has 2 unspecified atom stereocenters. The number of phenols is 2. The van der Waals surface area contributed by atoms with Crippen LogP contribution in [-0.2, 0) is 22.2 Å². The number of para-hydroxylation sites is 2. The predicted molar refractivity (Wildman–Crippen MR) is 123 cm³/mol. The minimum absolute atomic E-state index is 0.156. The first-order chi connectivity index (χ1) is 15.8. The highest BCUT2D eigenvalue weighted by Gasteiger charge is 2.37. The van der Waals surface area contributed by atoms with E-state index in [2.05, 4.69) is 0 Å². The van der Waals surface area contributed by atoms with Crippen molar-refractivity contribution in [3.05, 3.63) is 59.7 Å². The van der Waals surface area contributed by atoms with Crippen molar-refractivity contribution in [2.75, 3.05) is 25.8 Å². The van der Waals surface area contributed by atoms with Gasteiger partial charge in [-0.15, -0.1) is 0 Å². The lowest BCUT2D eigenvalue weighted by molar-refractivity contribution is 0.0158. The maximum Gasteiger partial charge on any atom is 0.339 e. The molecule has 2 aromatic rings. The lowest BCUT2D eigenvalue weighted by atomic mass is 10.0. The molecule has 0 saturated carbocycles. The molecule has 14 heteroatoms. The highest BCUT2D eigenvalue weighted by molar-refractivity contribution is 7.51. The minimum Gasteiger partial charge on any atom is -0.508 e. The monoisotopic (exact) mass is 520 g/mol. The van der Waals surface area contributed by atoms with Gasteiger partial charge < -0.3 is 40.0 Å². The van der Waals surface area contributed by atoms with Gasteiger partial charge in [0.15, 0.2) is 0 Å². The highest BCUT2D eigenvalue weighted by atomic mass is 31.2. The fourth-order valence-corrected chi connectivity index (χ4v) is 5.27.